The Hall–Kier alpha value is -2.52. The van der Waals surface area contributed by atoms with Gasteiger partial charge in [0.05, 0.1) is 17.7 Å². The molecule has 0 bridgehead atoms. The summed E-state index contributed by atoms with van der Waals surface area (Å²) in [7, 11) is 0. The molecular formula is C11H11ClN6O3. The Morgan fingerprint density at radius 1 is 1.52 bits per heavy atom. The Labute approximate surface area is 123 Å². The molecule has 1 heterocycles. The zero-order valence-corrected chi connectivity index (χ0v) is 11.4. The first-order valence-corrected chi connectivity index (χ1v) is 6.24. The number of carbonyl (C=O) groups excluding carboxylic acids is 1. The third-order valence-corrected chi connectivity index (χ3v) is 2.77. The second kappa shape index (κ2) is 6.29. The average Bonchev–Trinajstić information content (AvgIpc) is 2.89. The van der Waals surface area contributed by atoms with E-state index in [1.54, 1.807) is 0 Å². The summed E-state index contributed by atoms with van der Waals surface area (Å²) in [6.45, 7) is 0.772. The summed E-state index contributed by atoms with van der Waals surface area (Å²) < 4.78 is 1.41. The minimum Gasteiger partial charge on any atom is -0.329 e. The molecular weight excluding hydrogens is 300 g/mol. The molecule has 0 aliphatic carbocycles. The predicted molar refractivity (Wildman–Crippen MR) is 75.1 cm³/mol. The van der Waals surface area contributed by atoms with Gasteiger partial charge < -0.3 is 11.1 Å². The van der Waals surface area contributed by atoms with E-state index in [4.69, 9.17) is 17.3 Å². The first kappa shape index (κ1) is 14.9. The van der Waals surface area contributed by atoms with E-state index in [1.165, 1.54) is 23.0 Å². The van der Waals surface area contributed by atoms with Crippen LogP contribution >= 0.6 is 11.6 Å². The number of nitrogens with zero attached hydrogens (tertiary/aromatic N) is 4. The Balaban J connectivity index is 2.20. The standard InChI is InChI=1S/C11H11ClN6O3/c12-7-1-2-8(10(5-7)18(20)21)14-11(19)9-6-17(4-3-13)16-15-9/h1-2,5-6H,3-4,13H2,(H,14,19). The van der Waals surface area contributed by atoms with E-state index in [9.17, 15) is 14.9 Å². The van der Waals surface area contributed by atoms with Gasteiger partial charge in [0.1, 0.15) is 5.69 Å². The highest BCUT2D eigenvalue weighted by Gasteiger charge is 2.18. The normalized spacial score (nSPS) is 10.4. The lowest BCUT2D eigenvalue weighted by molar-refractivity contribution is -0.383. The smallest absolute Gasteiger partial charge is 0.294 e. The van der Waals surface area contributed by atoms with Gasteiger partial charge in [-0.25, -0.2) is 0 Å². The van der Waals surface area contributed by atoms with Gasteiger partial charge in [0.25, 0.3) is 11.6 Å². The highest BCUT2D eigenvalue weighted by Crippen LogP contribution is 2.27. The number of nitrogens with two attached hydrogens (primary N) is 1. The SMILES string of the molecule is NCCn1cc(C(=O)Nc2ccc(Cl)cc2[N+](=O)[O-])nn1. The van der Waals surface area contributed by atoms with Crippen molar-refractivity contribution in [3.05, 3.63) is 45.2 Å². The molecule has 0 spiro atoms. The highest BCUT2D eigenvalue weighted by molar-refractivity contribution is 6.31. The largest absolute Gasteiger partial charge is 0.329 e. The van der Waals surface area contributed by atoms with Crippen molar-refractivity contribution in [2.75, 3.05) is 11.9 Å². The number of rotatable bonds is 5. The summed E-state index contributed by atoms with van der Waals surface area (Å²) in [5.41, 5.74) is 5.12. The van der Waals surface area contributed by atoms with Gasteiger partial charge in [-0.15, -0.1) is 5.10 Å². The number of benzene rings is 1. The van der Waals surface area contributed by atoms with E-state index in [0.717, 1.165) is 6.07 Å². The Bertz CT molecular complexity index is 686. The zero-order chi connectivity index (χ0) is 15.4. The lowest BCUT2D eigenvalue weighted by Crippen LogP contribution is -2.14. The van der Waals surface area contributed by atoms with Crippen molar-refractivity contribution in [2.24, 2.45) is 5.73 Å². The second-order valence-corrected chi connectivity index (χ2v) is 4.46. The topological polar surface area (TPSA) is 129 Å². The number of anilines is 1. The maximum Gasteiger partial charge on any atom is 0.294 e. The van der Waals surface area contributed by atoms with Gasteiger partial charge in [0, 0.05) is 17.6 Å². The molecule has 1 amide bonds. The molecule has 9 nitrogen and oxygen atoms in total. The molecule has 1 aromatic heterocycles. The van der Waals surface area contributed by atoms with Crippen LogP contribution in [0.1, 0.15) is 10.5 Å². The van der Waals surface area contributed by atoms with Crippen LogP contribution in [-0.4, -0.2) is 32.4 Å². The highest BCUT2D eigenvalue weighted by atomic mass is 35.5. The molecule has 21 heavy (non-hydrogen) atoms. The lowest BCUT2D eigenvalue weighted by atomic mass is 10.2. The van der Waals surface area contributed by atoms with Gasteiger partial charge in [-0.3, -0.25) is 19.6 Å². The molecule has 10 heteroatoms. The third-order valence-electron chi connectivity index (χ3n) is 2.53. The summed E-state index contributed by atoms with van der Waals surface area (Å²) >= 11 is 5.70. The lowest BCUT2D eigenvalue weighted by Gasteiger charge is -2.04. The van der Waals surface area contributed by atoms with Crippen LogP contribution in [0.2, 0.25) is 5.02 Å². The summed E-state index contributed by atoms with van der Waals surface area (Å²) in [5, 5.41) is 20.9. The molecule has 0 atom stereocenters. The van der Waals surface area contributed by atoms with E-state index in [1.807, 2.05) is 0 Å². The van der Waals surface area contributed by atoms with Gasteiger partial charge in [-0.1, -0.05) is 16.8 Å². The van der Waals surface area contributed by atoms with E-state index < -0.39 is 10.8 Å². The molecule has 0 fully saturated rings. The van der Waals surface area contributed by atoms with Crippen molar-refractivity contribution < 1.29 is 9.72 Å². The first-order valence-electron chi connectivity index (χ1n) is 5.86. The number of nitro benzene ring substituents is 1. The molecule has 2 rings (SSSR count). The van der Waals surface area contributed by atoms with Crippen LogP contribution < -0.4 is 11.1 Å². The second-order valence-electron chi connectivity index (χ2n) is 4.03. The van der Waals surface area contributed by atoms with Gasteiger partial charge >= 0.3 is 0 Å². The van der Waals surface area contributed by atoms with E-state index in [2.05, 4.69) is 15.6 Å². The number of hydrogen-bond donors (Lipinski definition) is 2. The van der Waals surface area contributed by atoms with Crippen LogP contribution in [0.25, 0.3) is 0 Å². The van der Waals surface area contributed by atoms with E-state index >= 15 is 0 Å². The summed E-state index contributed by atoms with van der Waals surface area (Å²) in [6.07, 6.45) is 1.41. The van der Waals surface area contributed by atoms with Crippen LogP contribution in [0.3, 0.4) is 0 Å². The van der Waals surface area contributed by atoms with Gasteiger partial charge in [0.2, 0.25) is 0 Å². The van der Waals surface area contributed by atoms with Crippen molar-refractivity contribution in [2.45, 2.75) is 6.54 Å². The van der Waals surface area contributed by atoms with Crippen LogP contribution in [0.5, 0.6) is 0 Å². The summed E-state index contributed by atoms with van der Waals surface area (Å²) in [4.78, 5) is 22.3. The van der Waals surface area contributed by atoms with E-state index in [0.29, 0.717) is 13.1 Å². The molecule has 1 aromatic carbocycles. The molecule has 0 aliphatic heterocycles. The fourth-order valence-corrected chi connectivity index (χ4v) is 1.76. The van der Waals surface area contributed by atoms with Crippen molar-refractivity contribution in [3.63, 3.8) is 0 Å². The van der Waals surface area contributed by atoms with Gasteiger partial charge in [-0.05, 0) is 12.1 Å². The quantitative estimate of drug-likeness (QED) is 0.627. The number of amides is 1. The molecule has 110 valence electrons. The van der Waals surface area contributed by atoms with Crippen molar-refractivity contribution in [1.82, 2.24) is 15.0 Å². The molecule has 0 radical (unpaired) electrons. The minimum absolute atomic E-state index is 0.0303. The number of nitrogens with one attached hydrogen (secondary N) is 1. The third kappa shape index (κ3) is 3.52. The van der Waals surface area contributed by atoms with Crippen molar-refractivity contribution in [3.8, 4) is 0 Å². The van der Waals surface area contributed by atoms with Crippen LogP contribution in [0, 0.1) is 10.1 Å². The monoisotopic (exact) mass is 310 g/mol. The molecule has 0 unspecified atom stereocenters. The van der Waals surface area contributed by atoms with E-state index in [-0.39, 0.29) is 22.1 Å². The molecule has 0 saturated carbocycles. The van der Waals surface area contributed by atoms with Crippen LogP contribution in [-0.2, 0) is 6.54 Å². The maximum absolute atomic E-state index is 12.0. The van der Waals surface area contributed by atoms with Gasteiger partial charge in [0.15, 0.2) is 5.69 Å². The first-order chi connectivity index (χ1) is 10.0. The van der Waals surface area contributed by atoms with Crippen LogP contribution in [0.15, 0.2) is 24.4 Å². The zero-order valence-electron chi connectivity index (χ0n) is 10.7. The van der Waals surface area contributed by atoms with Crippen molar-refractivity contribution in [1.29, 1.82) is 0 Å². The van der Waals surface area contributed by atoms with Crippen LogP contribution in [0.4, 0.5) is 11.4 Å². The minimum atomic E-state index is -0.632. The average molecular weight is 311 g/mol. The summed E-state index contributed by atoms with van der Waals surface area (Å²) in [6, 6.07) is 3.94. The molecule has 0 aliphatic rings. The number of halogens is 1. The van der Waals surface area contributed by atoms with Crippen molar-refractivity contribution >= 4 is 28.9 Å². The number of aromatic nitrogens is 3. The molecule has 3 N–H and O–H groups in total. The maximum atomic E-state index is 12.0. The molecule has 0 saturated heterocycles. The number of hydrogen-bond acceptors (Lipinski definition) is 6. The summed E-state index contributed by atoms with van der Waals surface area (Å²) in [5.74, 6) is -0.608. The number of nitro groups is 1. The fourth-order valence-electron chi connectivity index (χ4n) is 1.59. The van der Waals surface area contributed by atoms with Gasteiger partial charge in [-0.2, -0.15) is 0 Å². The Morgan fingerprint density at radius 3 is 2.95 bits per heavy atom. The predicted octanol–water partition coefficient (Wildman–Crippen LogP) is 1.05. The fraction of sp³-hybridized carbons (Fsp3) is 0.182. The Morgan fingerprint density at radius 2 is 2.29 bits per heavy atom. The molecule has 2 aromatic rings. The Kier molecular flexibility index (Phi) is 4.45. The number of carbonyl (C=O) groups is 1.